The third-order valence-corrected chi connectivity index (χ3v) is 4.39. The molecule has 2 heterocycles. The number of pyridine rings is 1. The molecule has 5 heteroatoms. The minimum absolute atomic E-state index is 0.00875. The Kier molecular flexibility index (Phi) is 4.89. The molecule has 4 rings (SSSR count). The second-order valence-corrected chi connectivity index (χ2v) is 6.27. The van der Waals surface area contributed by atoms with Crippen molar-refractivity contribution >= 4 is 5.78 Å². The summed E-state index contributed by atoms with van der Waals surface area (Å²) in [4.78, 5) is 34.3. The zero-order valence-corrected chi connectivity index (χ0v) is 15.0. The number of rotatable bonds is 5. The number of carbonyl (C=O) groups excluding carboxylic acids is 1. The summed E-state index contributed by atoms with van der Waals surface area (Å²) in [5.41, 5.74) is 2.37. The fourth-order valence-electron chi connectivity index (χ4n) is 3.04. The molecule has 0 aliphatic rings. The first-order valence-electron chi connectivity index (χ1n) is 8.89. The van der Waals surface area contributed by atoms with Crippen LogP contribution in [0.4, 0.5) is 0 Å². The van der Waals surface area contributed by atoms with Crippen LogP contribution in [0.3, 0.4) is 0 Å². The second kappa shape index (κ2) is 7.80. The Balaban J connectivity index is 1.84. The lowest BCUT2D eigenvalue weighted by atomic mass is 10.1. The van der Waals surface area contributed by atoms with Gasteiger partial charge in [-0.1, -0.05) is 48.5 Å². The number of carbonyl (C=O) groups is 1. The molecule has 5 nitrogen and oxygen atoms in total. The van der Waals surface area contributed by atoms with Gasteiger partial charge in [0.05, 0.1) is 17.8 Å². The maximum absolute atomic E-state index is 13.0. The maximum atomic E-state index is 13.0. The first-order valence-corrected chi connectivity index (χ1v) is 8.89. The molecule has 0 bridgehead atoms. The van der Waals surface area contributed by atoms with E-state index in [1.54, 1.807) is 24.5 Å². The smallest absolute Gasteiger partial charge is 0.258 e. The highest BCUT2D eigenvalue weighted by Crippen LogP contribution is 2.18. The Morgan fingerprint density at radius 1 is 0.857 bits per heavy atom. The zero-order valence-electron chi connectivity index (χ0n) is 15.0. The van der Waals surface area contributed by atoms with Crippen molar-refractivity contribution in [2.75, 3.05) is 0 Å². The van der Waals surface area contributed by atoms with Gasteiger partial charge in [-0.05, 0) is 24.3 Å². The van der Waals surface area contributed by atoms with E-state index in [4.69, 9.17) is 0 Å². The molecule has 0 N–H and O–H groups in total. The monoisotopic (exact) mass is 367 g/mol. The van der Waals surface area contributed by atoms with Gasteiger partial charge in [0.15, 0.2) is 5.78 Å². The van der Waals surface area contributed by atoms with E-state index in [0.717, 1.165) is 5.56 Å². The van der Waals surface area contributed by atoms with Crippen LogP contribution in [0, 0.1) is 0 Å². The van der Waals surface area contributed by atoms with Gasteiger partial charge in [0, 0.05) is 29.6 Å². The molecule has 0 saturated heterocycles. The summed E-state index contributed by atoms with van der Waals surface area (Å²) in [5.74, 6) is 0.281. The third kappa shape index (κ3) is 3.64. The number of nitrogens with zero attached hydrogens (tertiary/aromatic N) is 3. The van der Waals surface area contributed by atoms with Crippen molar-refractivity contribution in [3.8, 4) is 16.9 Å². The molecule has 0 unspecified atom stereocenters. The molecule has 0 aliphatic heterocycles. The molecule has 0 spiro atoms. The van der Waals surface area contributed by atoms with Gasteiger partial charge in [-0.15, -0.1) is 0 Å². The van der Waals surface area contributed by atoms with E-state index in [2.05, 4.69) is 9.97 Å². The molecule has 0 fully saturated rings. The van der Waals surface area contributed by atoms with Gasteiger partial charge in [0.25, 0.3) is 5.56 Å². The lowest BCUT2D eigenvalue weighted by Gasteiger charge is -2.13. The molecule has 0 radical (unpaired) electrons. The second-order valence-electron chi connectivity index (χ2n) is 6.27. The summed E-state index contributed by atoms with van der Waals surface area (Å²) in [6.07, 6.45) is 3.16. The number of Topliss-reactive ketones (excluding diaryl/α,β-unsaturated/α-hetero) is 1. The van der Waals surface area contributed by atoms with Gasteiger partial charge >= 0.3 is 0 Å². The van der Waals surface area contributed by atoms with Crippen molar-refractivity contribution in [1.29, 1.82) is 0 Å². The minimum atomic E-state index is -0.224. The molecular formula is C23H17N3O2. The van der Waals surface area contributed by atoms with E-state index in [1.165, 1.54) is 10.6 Å². The average Bonchev–Trinajstić information content (AvgIpc) is 2.75. The normalized spacial score (nSPS) is 10.6. The molecular weight excluding hydrogens is 350 g/mol. The van der Waals surface area contributed by atoms with E-state index < -0.39 is 0 Å². The van der Waals surface area contributed by atoms with Crippen LogP contribution in [0.15, 0.2) is 96.1 Å². The summed E-state index contributed by atoms with van der Waals surface area (Å²) in [7, 11) is 0. The zero-order chi connectivity index (χ0) is 19.3. The molecule has 4 aromatic rings. The number of benzene rings is 2. The van der Waals surface area contributed by atoms with E-state index in [1.807, 2.05) is 60.7 Å². The number of aromatic nitrogens is 3. The standard InChI is InChI=1S/C23H17N3O2/c27-21(18-11-13-24-14-12-18)16-22-25-20(17-7-3-1-4-8-17)15-23(28)26(22)19-9-5-2-6-10-19/h1-15H,16H2. The summed E-state index contributed by atoms with van der Waals surface area (Å²) >= 11 is 0. The van der Waals surface area contributed by atoms with Crippen LogP contribution in [0.25, 0.3) is 16.9 Å². The van der Waals surface area contributed by atoms with Crippen molar-refractivity contribution in [3.05, 3.63) is 113 Å². The lowest BCUT2D eigenvalue weighted by molar-refractivity contribution is 0.0990. The molecule has 28 heavy (non-hydrogen) atoms. The van der Waals surface area contributed by atoms with Gasteiger partial charge in [-0.25, -0.2) is 4.98 Å². The third-order valence-electron chi connectivity index (χ3n) is 4.39. The van der Waals surface area contributed by atoms with Gasteiger partial charge in [-0.2, -0.15) is 0 Å². The van der Waals surface area contributed by atoms with Crippen LogP contribution in [0.1, 0.15) is 16.2 Å². The van der Waals surface area contributed by atoms with Gasteiger partial charge in [0.1, 0.15) is 5.82 Å². The Morgan fingerprint density at radius 3 is 2.18 bits per heavy atom. The summed E-state index contributed by atoms with van der Waals surface area (Å²) in [6.45, 7) is 0. The predicted octanol–water partition coefficient (Wildman–Crippen LogP) is 3.72. The van der Waals surface area contributed by atoms with Crippen molar-refractivity contribution in [2.24, 2.45) is 0 Å². The van der Waals surface area contributed by atoms with Crippen molar-refractivity contribution in [3.63, 3.8) is 0 Å². The highest BCUT2D eigenvalue weighted by Gasteiger charge is 2.16. The average molecular weight is 367 g/mol. The highest BCUT2D eigenvalue weighted by atomic mass is 16.1. The Labute approximate surface area is 162 Å². The fraction of sp³-hybridized carbons (Fsp3) is 0.0435. The van der Waals surface area contributed by atoms with Gasteiger partial charge in [-0.3, -0.25) is 19.1 Å². The van der Waals surface area contributed by atoms with Crippen molar-refractivity contribution in [1.82, 2.24) is 14.5 Å². The van der Waals surface area contributed by atoms with Gasteiger partial charge < -0.3 is 0 Å². The molecule has 0 aliphatic carbocycles. The van der Waals surface area contributed by atoms with Crippen LogP contribution in [0.5, 0.6) is 0 Å². The summed E-state index contributed by atoms with van der Waals surface area (Å²) in [6, 6.07) is 23.5. The molecule has 2 aromatic carbocycles. The van der Waals surface area contributed by atoms with E-state index in [0.29, 0.717) is 22.8 Å². The molecule has 2 aromatic heterocycles. The SMILES string of the molecule is O=C(Cc1nc(-c2ccccc2)cc(=O)n1-c1ccccc1)c1ccncc1. The molecule has 136 valence electrons. The van der Waals surface area contributed by atoms with Crippen LogP contribution in [-0.4, -0.2) is 20.3 Å². The molecule has 0 amide bonds. The van der Waals surface area contributed by atoms with Crippen molar-refractivity contribution in [2.45, 2.75) is 6.42 Å². The number of hydrogen-bond donors (Lipinski definition) is 0. The van der Waals surface area contributed by atoms with Gasteiger partial charge in [0.2, 0.25) is 0 Å². The van der Waals surface area contributed by atoms with E-state index in [9.17, 15) is 9.59 Å². The summed E-state index contributed by atoms with van der Waals surface area (Å²) in [5, 5.41) is 0. The number of ketones is 1. The van der Waals surface area contributed by atoms with Crippen LogP contribution >= 0.6 is 0 Å². The summed E-state index contributed by atoms with van der Waals surface area (Å²) < 4.78 is 1.49. The maximum Gasteiger partial charge on any atom is 0.258 e. The minimum Gasteiger partial charge on any atom is -0.294 e. The Hall–Kier alpha value is -3.86. The lowest BCUT2D eigenvalue weighted by Crippen LogP contribution is -2.25. The Bertz CT molecular complexity index is 1150. The largest absolute Gasteiger partial charge is 0.294 e. The van der Waals surface area contributed by atoms with Crippen LogP contribution in [0.2, 0.25) is 0 Å². The Morgan fingerprint density at radius 2 is 1.50 bits per heavy atom. The fourth-order valence-corrected chi connectivity index (χ4v) is 3.04. The van der Waals surface area contributed by atoms with E-state index in [-0.39, 0.29) is 17.8 Å². The first-order chi connectivity index (χ1) is 13.7. The van der Waals surface area contributed by atoms with E-state index >= 15 is 0 Å². The predicted molar refractivity (Wildman–Crippen MR) is 108 cm³/mol. The van der Waals surface area contributed by atoms with Crippen LogP contribution < -0.4 is 5.56 Å². The first kappa shape index (κ1) is 17.5. The van der Waals surface area contributed by atoms with Crippen molar-refractivity contribution < 1.29 is 4.79 Å². The number of hydrogen-bond acceptors (Lipinski definition) is 4. The van der Waals surface area contributed by atoms with Crippen LogP contribution in [-0.2, 0) is 6.42 Å². The quantitative estimate of drug-likeness (QED) is 0.504. The molecule has 0 saturated carbocycles. The molecule has 0 atom stereocenters. The highest BCUT2D eigenvalue weighted by molar-refractivity contribution is 5.97. The topological polar surface area (TPSA) is 64.8 Å². The number of para-hydroxylation sites is 1.